The molecule has 3 aromatic carbocycles. The number of hydrogen-bond acceptors (Lipinski definition) is 5. The van der Waals surface area contributed by atoms with Gasteiger partial charge in [0.25, 0.3) is 0 Å². The smallest absolute Gasteiger partial charge is 0.337 e. The van der Waals surface area contributed by atoms with Gasteiger partial charge in [0.05, 0.1) is 24.1 Å². The Labute approximate surface area is 218 Å². The van der Waals surface area contributed by atoms with E-state index in [1.54, 1.807) is 12.1 Å². The minimum Gasteiger partial charge on any atom is -0.465 e. The van der Waals surface area contributed by atoms with E-state index in [2.05, 4.69) is 36.2 Å². The molecule has 2 aliphatic heterocycles. The maximum Gasteiger partial charge on any atom is 0.337 e. The third-order valence-electron chi connectivity index (χ3n) is 7.19. The summed E-state index contributed by atoms with van der Waals surface area (Å²) in [6.07, 6.45) is 1.30. The van der Waals surface area contributed by atoms with Crippen molar-refractivity contribution in [2.75, 3.05) is 25.5 Å². The molecule has 2 aliphatic rings. The number of ether oxygens (including phenoxy) is 1. The molecule has 5 rings (SSSR count). The molecule has 190 valence electrons. The molecule has 1 fully saturated rings. The van der Waals surface area contributed by atoms with Crippen molar-refractivity contribution in [2.24, 2.45) is 16.8 Å². The van der Waals surface area contributed by atoms with E-state index in [0.717, 1.165) is 48.3 Å². The molecule has 3 unspecified atom stereocenters. The van der Waals surface area contributed by atoms with E-state index in [0.29, 0.717) is 17.0 Å². The molecule has 6 nitrogen and oxygen atoms in total. The fraction of sp³-hybridized carbons (Fsp3) is 0.323. The molecule has 0 radical (unpaired) electrons. The number of esters is 1. The Morgan fingerprint density at radius 1 is 0.973 bits per heavy atom. The second-order valence-corrected chi connectivity index (χ2v) is 10.4. The first-order valence-corrected chi connectivity index (χ1v) is 12.9. The largest absolute Gasteiger partial charge is 0.465 e. The van der Waals surface area contributed by atoms with Gasteiger partial charge in [-0.05, 0) is 59.2 Å². The topological polar surface area (TPSA) is 71.0 Å². The fourth-order valence-corrected chi connectivity index (χ4v) is 5.68. The van der Waals surface area contributed by atoms with E-state index in [-0.39, 0.29) is 5.91 Å². The summed E-state index contributed by atoms with van der Waals surface area (Å²) in [5.41, 5.74) is 5.43. The van der Waals surface area contributed by atoms with Gasteiger partial charge in [0, 0.05) is 25.3 Å². The quantitative estimate of drug-likeness (QED) is 0.346. The average molecular weight is 496 g/mol. The Hall–Kier alpha value is -3.77. The number of nitrogens with one attached hydrogen (secondary N) is 1. The number of likely N-dealkylation sites (tertiary alicyclic amines) is 1. The zero-order valence-corrected chi connectivity index (χ0v) is 21.6. The number of hydrogen-bond donors (Lipinski definition) is 1. The van der Waals surface area contributed by atoms with Crippen molar-refractivity contribution in [3.8, 4) is 0 Å². The summed E-state index contributed by atoms with van der Waals surface area (Å²) in [5, 5.41) is 2.93. The summed E-state index contributed by atoms with van der Waals surface area (Å²) < 4.78 is 4.84. The molecule has 0 spiro atoms. The molecule has 0 bridgehead atoms. The highest BCUT2D eigenvalue weighted by atomic mass is 16.5. The zero-order valence-electron chi connectivity index (χ0n) is 21.6. The molecular weight excluding hydrogens is 462 g/mol. The predicted octanol–water partition coefficient (Wildman–Crippen LogP) is 5.81. The van der Waals surface area contributed by atoms with Crippen LogP contribution in [0.1, 0.15) is 53.2 Å². The Bertz CT molecular complexity index is 1310. The van der Waals surface area contributed by atoms with Gasteiger partial charge in [-0.3, -0.25) is 14.7 Å². The maximum atomic E-state index is 13.2. The molecule has 0 aliphatic carbocycles. The first kappa shape index (κ1) is 24.9. The third kappa shape index (κ3) is 5.49. The number of benzene rings is 3. The standard InChI is InChI=1S/C31H33N3O3/c1-20-15-21(2)18-34(17-20)19-22-9-12-25(13-10-22)32-29(23-7-5-4-6-8-23)28-26-14-11-24(31(36)37-3)16-27(26)33-30(28)35/h4-14,16,20-21,28H,15,17-19H2,1-3H3,(H,33,35). The van der Waals surface area contributed by atoms with Gasteiger partial charge in [-0.2, -0.15) is 0 Å². The third-order valence-corrected chi connectivity index (χ3v) is 7.19. The van der Waals surface area contributed by atoms with Gasteiger partial charge < -0.3 is 10.1 Å². The lowest BCUT2D eigenvalue weighted by Crippen LogP contribution is -2.38. The number of anilines is 1. The van der Waals surface area contributed by atoms with E-state index in [1.807, 2.05) is 48.5 Å². The van der Waals surface area contributed by atoms with Crippen LogP contribution in [0.5, 0.6) is 0 Å². The van der Waals surface area contributed by atoms with Crippen LogP contribution in [0, 0.1) is 11.8 Å². The molecule has 37 heavy (non-hydrogen) atoms. The van der Waals surface area contributed by atoms with Crippen molar-refractivity contribution in [3.05, 3.63) is 95.1 Å². The lowest BCUT2D eigenvalue weighted by atomic mass is 9.90. The van der Waals surface area contributed by atoms with E-state index in [4.69, 9.17) is 9.73 Å². The molecule has 6 heteroatoms. The van der Waals surface area contributed by atoms with Crippen LogP contribution in [-0.4, -0.2) is 42.7 Å². The molecule has 3 atom stereocenters. The normalized spacial score (nSPS) is 21.9. The lowest BCUT2D eigenvalue weighted by molar-refractivity contribution is -0.115. The van der Waals surface area contributed by atoms with Gasteiger partial charge in [0.15, 0.2) is 0 Å². The highest BCUT2D eigenvalue weighted by molar-refractivity contribution is 6.24. The van der Waals surface area contributed by atoms with Crippen LogP contribution >= 0.6 is 0 Å². The van der Waals surface area contributed by atoms with E-state index < -0.39 is 11.9 Å². The minimum atomic E-state index is -0.583. The van der Waals surface area contributed by atoms with Crippen LogP contribution in [-0.2, 0) is 16.1 Å². The molecule has 0 saturated carbocycles. The van der Waals surface area contributed by atoms with E-state index in [1.165, 1.54) is 19.1 Å². The summed E-state index contributed by atoms with van der Waals surface area (Å²) in [6.45, 7) is 7.87. The number of aliphatic imine (C=N–C) groups is 1. The fourth-order valence-electron chi connectivity index (χ4n) is 5.68. The van der Waals surface area contributed by atoms with Gasteiger partial charge in [-0.25, -0.2) is 4.79 Å². The van der Waals surface area contributed by atoms with Crippen molar-refractivity contribution in [2.45, 2.75) is 32.7 Å². The molecule has 1 saturated heterocycles. The predicted molar refractivity (Wildman–Crippen MR) is 146 cm³/mol. The van der Waals surface area contributed by atoms with Crippen LogP contribution in [0.3, 0.4) is 0 Å². The Balaban J connectivity index is 1.45. The van der Waals surface area contributed by atoms with Crippen LogP contribution < -0.4 is 5.32 Å². The summed E-state index contributed by atoms with van der Waals surface area (Å²) >= 11 is 0. The number of fused-ring (bicyclic) bond motifs is 1. The minimum absolute atomic E-state index is 0.162. The second-order valence-electron chi connectivity index (χ2n) is 10.4. The van der Waals surface area contributed by atoms with Gasteiger partial charge in [-0.1, -0.05) is 62.4 Å². The van der Waals surface area contributed by atoms with Gasteiger partial charge in [0.2, 0.25) is 5.91 Å². The lowest BCUT2D eigenvalue weighted by Gasteiger charge is -2.35. The van der Waals surface area contributed by atoms with Crippen molar-refractivity contribution in [1.29, 1.82) is 0 Å². The second kappa shape index (κ2) is 10.7. The van der Waals surface area contributed by atoms with E-state index in [9.17, 15) is 9.59 Å². The van der Waals surface area contributed by atoms with Gasteiger partial charge in [0.1, 0.15) is 5.92 Å². The van der Waals surface area contributed by atoms with Gasteiger partial charge in [-0.15, -0.1) is 0 Å². The summed E-state index contributed by atoms with van der Waals surface area (Å²) in [4.78, 5) is 32.7. The molecule has 1 N–H and O–H groups in total. The van der Waals surface area contributed by atoms with Crippen LogP contribution in [0.4, 0.5) is 11.4 Å². The average Bonchev–Trinajstić information content (AvgIpc) is 3.22. The van der Waals surface area contributed by atoms with Crippen molar-refractivity contribution >= 4 is 29.0 Å². The number of piperidine rings is 1. The van der Waals surface area contributed by atoms with Crippen LogP contribution in [0.2, 0.25) is 0 Å². The Morgan fingerprint density at radius 3 is 2.35 bits per heavy atom. The number of amides is 1. The molecule has 0 aromatic heterocycles. The first-order chi connectivity index (χ1) is 17.9. The maximum absolute atomic E-state index is 13.2. The Morgan fingerprint density at radius 2 is 1.68 bits per heavy atom. The number of carbonyl (C=O) groups excluding carboxylic acids is 2. The van der Waals surface area contributed by atoms with Crippen molar-refractivity contribution in [3.63, 3.8) is 0 Å². The van der Waals surface area contributed by atoms with E-state index >= 15 is 0 Å². The summed E-state index contributed by atoms with van der Waals surface area (Å²) in [7, 11) is 1.34. The Kier molecular flexibility index (Phi) is 7.19. The number of rotatable bonds is 6. The summed E-state index contributed by atoms with van der Waals surface area (Å²) in [5.74, 6) is 0.269. The molecular formula is C31H33N3O3. The first-order valence-electron chi connectivity index (χ1n) is 12.9. The SMILES string of the molecule is COC(=O)c1ccc2c(c1)NC(=O)C2C(=Nc1ccc(CN2CC(C)CC(C)C2)cc1)c1ccccc1. The number of nitrogens with zero attached hydrogens (tertiary/aromatic N) is 2. The van der Waals surface area contributed by atoms with Gasteiger partial charge >= 0.3 is 5.97 Å². The molecule has 1 amide bonds. The zero-order chi connectivity index (χ0) is 25.9. The number of methoxy groups -OCH3 is 1. The molecule has 3 aromatic rings. The highest BCUT2D eigenvalue weighted by Gasteiger charge is 2.36. The van der Waals surface area contributed by atoms with Crippen LogP contribution in [0.25, 0.3) is 0 Å². The highest BCUT2D eigenvalue weighted by Crippen LogP contribution is 2.37. The number of carbonyl (C=O) groups is 2. The van der Waals surface area contributed by atoms with Crippen molar-refractivity contribution in [1.82, 2.24) is 4.90 Å². The molecule has 2 heterocycles. The van der Waals surface area contributed by atoms with Crippen LogP contribution in [0.15, 0.2) is 77.8 Å². The summed E-state index contributed by atoms with van der Waals surface area (Å²) in [6, 6.07) is 23.3. The van der Waals surface area contributed by atoms with Crippen molar-refractivity contribution < 1.29 is 14.3 Å². The monoisotopic (exact) mass is 495 g/mol.